The van der Waals surface area contributed by atoms with Crippen molar-refractivity contribution in [1.82, 2.24) is 20.1 Å². The highest BCUT2D eigenvalue weighted by molar-refractivity contribution is 7.80. The van der Waals surface area contributed by atoms with Crippen LogP contribution in [0.25, 0.3) is 0 Å². The topological polar surface area (TPSA) is 139 Å². The average Bonchev–Trinajstić information content (AvgIpc) is 3.09. The Morgan fingerprint density at radius 3 is 2.60 bits per heavy atom. The molecule has 3 aliphatic heterocycles. The molecule has 137 valence electrons. The van der Waals surface area contributed by atoms with Crippen LogP contribution in [0.15, 0.2) is 0 Å². The second-order valence-electron chi connectivity index (χ2n) is 6.25. The van der Waals surface area contributed by atoms with Crippen LogP contribution in [-0.2, 0) is 24.3 Å². The molecule has 0 aromatic rings. The molecule has 1 N–H and O–H groups in total. The van der Waals surface area contributed by atoms with Crippen molar-refractivity contribution in [2.75, 3.05) is 19.6 Å². The molecule has 1 radical (unpaired) electrons. The molecule has 0 aromatic carbocycles. The van der Waals surface area contributed by atoms with Crippen molar-refractivity contribution in [2.45, 2.75) is 37.4 Å². The molecule has 3 fully saturated rings. The number of hydrogen-bond donors (Lipinski definition) is 1. The highest BCUT2D eigenvalue weighted by Crippen LogP contribution is 2.32. The zero-order valence-electron chi connectivity index (χ0n) is 13.2. The van der Waals surface area contributed by atoms with E-state index in [1.54, 1.807) is 0 Å². The van der Waals surface area contributed by atoms with Gasteiger partial charge in [-0.15, -0.1) is 0 Å². The lowest BCUT2D eigenvalue weighted by atomic mass is 9.89. The predicted molar refractivity (Wildman–Crippen MR) is 82.2 cm³/mol. The third-order valence-corrected chi connectivity index (χ3v) is 5.01. The van der Waals surface area contributed by atoms with Crippen molar-refractivity contribution in [2.24, 2.45) is 0 Å². The minimum Gasteiger partial charge on any atom is -0.724 e. The number of hydroxylamine groups is 2. The van der Waals surface area contributed by atoms with Crippen molar-refractivity contribution in [3.8, 4) is 0 Å². The summed E-state index contributed by atoms with van der Waals surface area (Å²) in [6.07, 6.45) is 2.29. The number of amides is 3. The molecule has 0 aliphatic carbocycles. The standard InChI is InChI=1S/C12H18BN4O7S/c18-7-13-15-3-1-8(2-4-15)14-11(19)10-5-9-6-16(10)12(20)17(9)24-25(21,22)23/h7-10H,1-6H2,(H,14,19)(H,21,22,23)/p-1/t9-,10-/m0/s1. The lowest BCUT2D eigenvalue weighted by Gasteiger charge is -2.34. The van der Waals surface area contributed by atoms with E-state index in [1.165, 1.54) is 12.3 Å². The van der Waals surface area contributed by atoms with Crippen LogP contribution >= 0.6 is 0 Å². The van der Waals surface area contributed by atoms with E-state index in [0.717, 1.165) is 6.19 Å². The predicted octanol–water partition coefficient (Wildman–Crippen LogP) is -2.35. The summed E-state index contributed by atoms with van der Waals surface area (Å²) in [5.74, 6) is -0.307. The van der Waals surface area contributed by atoms with Gasteiger partial charge < -0.3 is 24.4 Å². The first-order valence-electron chi connectivity index (χ1n) is 7.87. The molecule has 0 saturated carbocycles. The molecular weight excluding hydrogens is 355 g/mol. The van der Waals surface area contributed by atoms with E-state index in [1.807, 2.05) is 4.81 Å². The number of carbonyl (C=O) groups excluding carboxylic acids is 3. The molecule has 3 rings (SSSR count). The van der Waals surface area contributed by atoms with Gasteiger partial charge in [-0.3, -0.25) is 4.79 Å². The Bertz CT molecular complexity index is 666. The Morgan fingerprint density at radius 1 is 1.36 bits per heavy atom. The van der Waals surface area contributed by atoms with Gasteiger partial charge in [-0.05, 0) is 25.9 Å². The van der Waals surface area contributed by atoms with E-state index in [9.17, 15) is 27.4 Å². The van der Waals surface area contributed by atoms with Crippen molar-refractivity contribution in [1.29, 1.82) is 0 Å². The first-order valence-corrected chi connectivity index (χ1v) is 9.20. The SMILES string of the molecule is O=C[B]N1CCC(NC(=O)[C@@H]2C[C@H]3CN2C(=O)N3OS(=O)(=O)[O-])CC1. The van der Waals surface area contributed by atoms with Gasteiger partial charge in [-0.1, -0.05) is 0 Å². The Labute approximate surface area is 145 Å². The number of urea groups is 1. The van der Waals surface area contributed by atoms with Crippen LogP contribution in [0, 0.1) is 0 Å². The van der Waals surface area contributed by atoms with Gasteiger partial charge in [0.25, 0.3) is 7.41 Å². The van der Waals surface area contributed by atoms with Gasteiger partial charge in [0.2, 0.25) is 16.3 Å². The van der Waals surface area contributed by atoms with E-state index in [2.05, 4.69) is 9.60 Å². The number of hydrogen-bond acceptors (Lipinski definition) is 8. The zero-order valence-corrected chi connectivity index (χ0v) is 14.1. The van der Waals surface area contributed by atoms with E-state index < -0.39 is 28.5 Å². The maximum absolute atomic E-state index is 12.4. The maximum atomic E-state index is 12.4. The van der Waals surface area contributed by atoms with Gasteiger partial charge >= 0.3 is 6.03 Å². The second kappa shape index (κ2) is 6.90. The smallest absolute Gasteiger partial charge is 0.346 e. The Balaban J connectivity index is 1.52. The number of piperidine rings is 1. The van der Waals surface area contributed by atoms with Crippen molar-refractivity contribution >= 4 is 35.9 Å². The van der Waals surface area contributed by atoms with Crippen molar-refractivity contribution in [3.05, 3.63) is 0 Å². The van der Waals surface area contributed by atoms with Gasteiger partial charge in [-0.25, -0.2) is 13.2 Å². The number of nitrogens with zero attached hydrogens (tertiary/aromatic N) is 3. The van der Waals surface area contributed by atoms with Crippen LogP contribution in [-0.4, -0.2) is 91.0 Å². The molecule has 0 spiro atoms. The van der Waals surface area contributed by atoms with Crippen LogP contribution in [0.1, 0.15) is 19.3 Å². The summed E-state index contributed by atoms with van der Waals surface area (Å²) in [6.45, 7) is 1.45. The van der Waals surface area contributed by atoms with E-state index in [0.29, 0.717) is 31.0 Å². The van der Waals surface area contributed by atoms with Gasteiger partial charge in [0.05, 0.1) is 12.2 Å². The van der Waals surface area contributed by atoms with Crippen LogP contribution in [0.3, 0.4) is 0 Å². The minimum absolute atomic E-state index is 0.0476. The normalized spacial score (nSPS) is 27.6. The first kappa shape index (κ1) is 18.1. The number of nitrogens with one attached hydrogen (secondary N) is 1. The Morgan fingerprint density at radius 2 is 2.04 bits per heavy atom. The molecule has 2 bridgehead atoms. The summed E-state index contributed by atoms with van der Waals surface area (Å²) in [5, 5.41) is 3.42. The summed E-state index contributed by atoms with van der Waals surface area (Å²) in [5.41, 5.74) is 0. The van der Waals surface area contributed by atoms with E-state index in [4.69, 9.17) is 0 Å². The first-order chi connectivity index (χ1) is 11.8. The van der Waals surface area contributed by atoms with Gasteiger partial charge in [0, 0.05) is 19.0 Å². The summed E-state index contributed by atoms with van der Waals surface area (Å²) in [6, 6.07) is -2.19. The fourth-order valence-electron chi connectivity index (χ4n) is 3.49. The second-order valence-corrected chi connectivity index (χ2v) is 7.22. The summed E-state index contributed by atoms with van der Waals surface area (Å²) in [7, 11) is -3.57. The number of fused-ring (bicyclic) bond motifs is 2. The lowest BCUT2D eigenvalue weighted by Crippen LogP contribution is -2.54. The van der Waals surface area contributed by atoms with Gasteiger partial charge in [-0.2, -0.15) is 9.35 Å². The highest BCUT2D eigenvalue weighted by atomic mass is 32.3. The largest absolute Gasteiger partial charge is 0.724 e. The van der Waals surface area contributed by atoms with Crippen LogP contribution in [0.5, 0.6) is 0 Å². The van der Waals surface area contributed by atoms with Crippen molar-refractivity contribution in [3.63, 3.8) is 0 Å². The molecule has 0 unspecified atom stereocenters. The van der Waals surface area contributed by atoms with Gasteiger partial charge in [0.1, 0.15) is 6.04 Å². The monoisotopic (exact) mass is 372 g/mol. The zero-order chi connectivity index (χ0) is 18.2. The third kappa shape index (κ3) is 3.94. The molecule has 3 saturated heterocycles. The molecule has 3 heterocycles. The highest BCUT2D eigenvalue weighted by Gasteiger charge is 2.52. The summed E-state index contributed by atoms with van der Waals surface area (Å²) < 4.78 is 36.1. The summed E-state index contributed by atoms with van der Waals surface area (Å²) in [4.78, 5) is 38.0. The fourth-order valence-corrected chi connectivity index (χ4v) is 3.88. The number of carbonyl (C=O) groups is 3. The lowest BCUT2D eigenvalue weighted by molar-refractivity contribution is -0.127. The maximum Gasteiger partial charge on any atom is 0.346 e. The molecule has 3 amide bonds. The van der Waals surface area contributed by atoms with E-state index in [-0.39, 0.29) is 24.9 Å². The number of rotatable bonds is 6. The van der Waals surface area contributed by atoms with E-state index >= 15 is 0 Å². The fraction of sp³-hybridized carbons (Fsp3) is 0.750. The Kier molecular flexibility index (Phi) is 5.00. The molecule has 13 heteroatoms. The third-order valence-electron chi connectivity index (χ3n) is 4.67. The molecular formula is C12H17BN4O7S-. The molecule has 0 aromatic heterocycles. The molecule has 3 aliphatic rings. The minimum atomic E-state index is -5.04. The molecule has 25 heavy (non-hydrogen) atoms. The van der Waals surface area contributed by atoms with Crippen LogP contribution in [0.2, 0.25) is 0 Å². The molecule has 11 nitrogen and oxygen atoms in total. The summed E-state index contributed by atoms with van der Waals surface area (Å²) >= 11 is 0. The van der Waals surface area contributed by atoms with Gasteiger partial charge in [0.15, 0.2) is 0 Å². The Hall–Kier alpha value is -1.70. The average molecular weight is 372 g/mol. The van der Waals surface area contributed by atoms with Crippen molar-refractivity contribution < 1.29 is 31.6 Å². The van der Waals surface area contributed by atoms with Crippen LogP contribution < -0.4 is 5.32 Å². The van der Waals surface area contributed by atoms with Crippen LogP contribution in [0.4, 0.5) is 4.79 Å². The molecule has 2 atom stereocenters. The quantitative estimate of drug-likeness (QED) is 0.237.